The van der Waals surface area contributed by atoms with E-state index in [1.54, 1.807) is 13.0 Å². The van der Waals surface area contributed by atoms with Gasteiger partial charge in [-0.3, -0.25) is 4.79 Å². The van der Waals surface area contributed by atoms with E-state index >= 15 is 0 Å². The summed E-state index contributed by atoms with van der Waals surface area (Å²) in [6.45, 7) is 10.5. The molecule has 0 N–H and O–H groups in total. The lowest BCUT2D eigenvalue weighted by Gasteiger charge is -2.20. The van der Waals surface area contributed by atoms with Crippen molar-refractivity contribution in [3.05, 3.63) is 29.3 Å². The Bertz CT molecular complexity index is 416. The second-order valence-electron chi connectivity index (χ2n) is 5.37. The molecule has 0 heterocycles. The van der Waals surface area contributed by atoms with Crippen molar-refractivity contribution in [2.24, 2.45) is 0 Å². The Balaban J connectivity index is 2.61. The van der Waals surface area contributed by atoms with E-state index in [2.05, 4.69) is 0 Å². The lowest BCUT2D eigenvalue weighted by molar-refractivity contribution is -0.0163. The van der Waals surface area contributed by atoms with Gasteiger partial charge in [0, 0.05) is 0 Å². The molecule has 0 fully saturated rings. The molecule has 0 aromatic heterocycles. The van der Waals surface area contributed by atoms with Crippen molar-refractivity contribution < 1.29 is 14.3 Å². The van der Waals surface area contributed by atoms with E-state index in [0.29, 0.717) is 24.5 Å². The fourth-order valence-corrected chi connectivity index (χ4v) is 1.54. The second-order valence-corrected chi connectivity index (χ2v) is 5.37. The zero-order valence-electron chi connectivity index (χ0n) is 11.9. The number of hydrogen-bond donors (Lipinski definition) is 0. The summed E-state index contributed by atoms with van der Waals surface area (Å²) in [6, 6.07) is 5.60. The van der Waals surface area contributed by atoms with E-state index in [0.717, 1.165) is 5.56 Å². The van der Waals surface area contributed by atoms with E-state index in [1.807, 2.05) is 39.8 Å². The second kappa shape index (κ2) is 6.01. The number of ether oxygens (including phenoxy) is 2. The highest BCUT2D eigenvalue weighted by molar-refractivity contribution is 5.96. The van der Waals surface area contributed by atoms with Crippen LogP contribution in [-0.4, -0.2) is 24.6 Å². The first kappa shape index (κ1) is 14.7. The van der Waals surface area contributed by atoms with Crippen molar-refractivity contribution >= 4 is 5.78 Å². The molecule has 3 nitrogen and oxygen atoms in total. The van der Waals surface area contributed by atoms with Crippen molar-refractivity contribution in [2.45, 2.75) is 40.2 Å². The Morgan fingerprint density at radius 3 is 2.44 bits per heavy atom. The van der Waals surface area contributed by atoms with Crippen LogP contribution < -0.4 is 4.74 Å². The molecular formula is C15H22O3. The van der Waals surface area contributed by atoms with Gasteiger partial charge in [0.15, 0.2) is 5.78 Å². The summed E-state index contributed by atoms with van der Waals surface area (Å²) in [6.07, 6.45) is 0. The lowest BCUT2D eigenvalue weighted by atomic mass is 10.1. The number of carbonyl (C=O) groups is 1. The van der Waals surface area contributed by atoms with Crippen LogP contribution in [0.15, 0.2) is 18.2 Å². The van der Waals surface area contributed by atoms with Crippen molar-refractivity contribution in [1.29, 1.82) is 0 Å². The number of hydrogen-bond acceptors (Lipinski definition) is 3. The molecule has 0 aliphatic heterocycles. The van der Waals surface area contributed by atoms with E-state index in [-0.39, 0.29) is 11.4 Å². The molecule has 1 rings (SSSR count). The number of carbonyl (C=O) groups excluding carboxylic acids is 1. The van der Waals surface area contributed by atoms with Gasteiger partial charge in [-0.2, -0.15) is 0 Å². The zero-order chi connectivity index (χ0) is 13.8. The molecular weight excluding hydrogens is 228 g/mol. The average Bonchev–Trinajstić information content (AvgIpc) is 2.22. The van der Waals surface area contributed by atoms with Crippen molar-refractivity contribution in [1.82, 2.24) is 0 Å². The average molecular weight is 250 g/mol. The van der Waals surface area contributed by atoms with Gasteiger partial charge in [0.1, 0.15) is 12.4 Å². The van der Waals surface area contributed by atoms with Crippen molar-refractivity contribution in [3.8, 4) is 5.75 Å². The number of ketones is 1. The van der Waals surface area contributed by atoms with E-state index in [4.69, 9.17) is 9.47 Å². The topological polar surface area (TPSA) is 35.5 Å². The van der Waals surface area contributed by atoms with Gasteiger partial charge in [-0.05, 0) is 52.3 Å². The molecule has 0 amide bonds. The fraction of sp³-hybridized carbons (Fsp3) is 0.533. The predicted molar refractivity (Wildman–Crippen MR) is 72.4 cm³/mol. The first-order valence-corrected chi connectivity index (χ1v) is 6.18. The van der Waals surface area contributed by atoms with Crippen LogP contribution in [0, 0.1) is 6.92 Å². The molecule has 1 aromatic carbocycles. The molecule has 0 bridgehead atoms. The van der Waals surface area contributed by atoms with Gasteiger partial charge in [0.2, 0.25) is 0 Å². The summed E-state index contributed by atoms with van der Waals surface area (Å²) in [5.41, 5.74) is 1.53. The first-order chi connectivity index (χ1) is 8.29. The summed E-state index contributed by atoms with van der Waals surface area (Å²) >= 11 is 0. The molecule has 0 spiro atoms. The summed E-state index contributed by atoms with van der Waals surface area (Å²) in [7, 11) is 0. The Kier molecular flexibility index (Phi) is 4.91. The largest absolute Gasteiger partial charge is 0.490 e. The van der Waals surface area contributed by atoms with Gasteiger partial charge in [0.25, 0.3) is 0 Å². The molecule has 0 atom stereocenters. The maximum Gasteiger partial charge on any atom is 0.163 e. The lowest BCUT2D eigenvalue weighted by Crippen LogP contribution is -2.22. The number of Topliss-reactive ketones (excluding diaryl/α,β-unsaturated/α-hetero) is 1. The van der Waals surface area contributed by atoms with Crippen LogP contribution in [0.1, 0.15) is 43.6 Å². The molecule has 18 heavy (non-hydrogen) atoms. The highest BCUT2D eigenvalue weighted by atomic mass is 16.5. The molecule has 0 saturated heterocycles. The third kappa shape index (κ3) is 4.88. The first-order valence-electron chi connectivity index (χ1n) is 6.18. The molecule has 0 radical (unpaired) electrons. The molecule has 100 valence electrons. The number of rotatable bonds is 5. The number of aryl methyl sites for hydroxylation is 1. The van der Waals surface area contributed by atoms with Gasteiger partial charge in [-0.1, -0.05) is 6.07 Å². The van der Waals surface area contributed by atoms with E-state index in [9.17, 15) is 4.79 Å². The molecule has 1 aromatic rings. The highest BCUT2D eigenvalue weighted by Gasteiger charge is 2.11. The summed E-state index contributed by atoms with van der Waals surface area (Å²) in [5.74, 6) is 0.654. The Hall–Kier alpha value is -1.35. The van der Waals surface area contributed by atoms with E-state index < -0.39 is 0 Å². The van der Waals surface area contributed by atoms with Crippen LogP contribution in [0.2, 0.25) is 0 Å². The van der Waals surface area contributed by atoms with Gasteiger partial charge in [-0.25, -0.2) is 0 Å². The summed E-state index contributed by atoms with van der Waals surface area (Å²) < 4.78 is 11.2. The Labute approximate surface area is 109 Å². The molecule has 0 aliphatic rings. The standard InChI is InChI=1S/C15H22O3/c1-11-6-7-13(12(2)16)14(10-11)17-8-9-18-15(3,4)5/h6-7,10H,8-9H2,1-5H3. The number of benzene rings is 1. The third-order valence-electron chi connectivity index (χ3n) is 2.39. The highest BCUT2D eigenvalue weighted by Crippen LogP contribution is 2.21. The molecule has 3 heteroatoms. The summed E-state index contributed by atoms with van der Waals surface area (Å²) in [4.78, 5) is 11.5. The van der Waals surface area contributed by atoms with Crippen LogP contribution in [0.3, 0.4) is 0 Å². The maximum absolute atomic E-state index is 11.5. The van der Waals surface area contributed by atoms with E-state index in [1.165, 1.54) is 0 Å². The minimum atomic E-state index is -0.167. The van der Waals surface area contributed by atoms with Gasteiger partial charge in [0.05, 0.1) is 17.8 Å². The van der Waals surface area contributed by atoms with Gasteiger partial charge >= 0.3 is 0 Å². The van der Waals surface area contributed by atoms with Crippen LogP contribution >= 0.6 is 0 Å². The van der Waals surface area contributed by atoms with Crippen LogP contribution in [0.5, 0.6) is 5.75 Å². The van der Waals surface area contributed by atoms with Crippen molar-refractivity contribution in [2.75, 3.05) is 13.2 Å². The fourth-order valence-electron chi connectivity index (χ4n) is 1.54. The predicted octanol–water partition coefficient (Wildman–Crippen LogP) is 3.39. The zero-order valence-corrected chi connectivity index (χ0v) is 11.9. The SMILES string of the molecule is CC(=O)c1ccc(C)cc1OCCOC(C)(C)C. The van der Waals surface area contributed by atoms with Crippen LogP contribution in [0.4, 0.5) is 0 Å². The minimum absolute atomic E-state index is 0.0155. The third-order valence-corrected chi connectivity index (χ3v) is 2.39. The smallest absolute Gasteiger partial charge is 0.163 e. The monoisotopic (exact) mass is 250 g/mol. The maximum atomic E-state index is 11.5. The van der Waals surface area contributed by atoms with Gasteiger partial charge < -0.3 is 9.47 Å². The van der Waals surface area contributed by atoms with Crippen molar-refractivity contribution in [3.63, 3.8) is 0 Å². The minimum Gasteiger partial charge on any atom is -0.490 e. The van der Waals surface area contributed by atoms with Gasteiger partial charge in [-0.15, -0.1) is 0 Å². The Morgan fingerprint density at radius 2 is 1.89 bits per heavy atom. The quantitative estimate of drug-likeness (QED) is 0.593. The van der Waals surface area contributed by atoms with Crippen LogP contribution in [-0.2, 0) is 4.74 Å². The normalized spacial score (nSPS) is 11.4. The van der Waals surface area contributed by atoms with Crippen LogP contribution in [0.25, 0.3) is 0 Å². The summed E-state index contributed by atoms with van der Waals surface area (Å²) in [5, 5.41) is 0. The molecule has 0 unspecified atom stereocenters. The molecule has 0 saturated carbocycles. The molecule has 0 aliphatic carbocycles. The Morgan fingerprint density at radius 1 is 1.22 bits per heavy atom.